The highest BCUT2D eigenvalue weighted by Crippen LogP contribution is 2.42. The van der Waals surface area contributed by atoms with Gasteiger partial charge in [0.05, 0.1) is 22.4 Å². The van der Waals surface area contributed by atoms with Gasteiger partial charge in [0.2, 0.25) is 0 Å². The Hall–Kier alpha value is -3.55. The fraction of sp³-hybridized carbons (Fsp3) is 0.318. The van der Waals surface area contributed by atoms with Crippen molar-refractivity contribution in [3.8, 4) is 5.82 Å². The van der Waals surface area contributed by atoms with Crippen LogP contribution in [0.4, 0.5) is 5.69 Å². The van der Waals surface area contributed by atoms with Crippen LogP contribution in [0.2, 0.25) is 0 Å². The Labute approximate surface area is 174 Å². The molecule has 1 amide bonds. The number of rotatable bonds is 4. The van der Waals surface area contributed by atoms with Crippen molar-refractivity contribution in [1.82, 2.24) is 20.1 Å². The molecule has 1 atom stereocenters. The van der Waals surface area contributed by atoms with Crippen molar-refractivity contribution in [1.29, 1.82) is 0 Å². The number of pyridine rings is 1. The van der Waals surface area contributed by atoms with Crippen LogP contribution in [0.3, 0.4) is 0 Å². The minimum Gasteiger partial charge on any atom is -0.345 e. The largest absolute Gasteiger partial charge is 0.345 e. The number of nitro benzene ring substituents is 1. The van der Waals surface area contributed by atoms with Crippen molar-refractivity contribution < 1.29 is 9.72 Å². The number of nitrogens with one attached hydrogen (secondary N) is 1. The molecule has 0 bridgehead atoms. The van der Waals surface area contributed by atoms with Crippen LogP contribution in [0.15, 0.2) is 48.7 Å². The van der Waals surface area contributed by atoms with Crippen molar-refractivity contribution in [2.45, 2.75) is 39.7 Å². The summed E-state index contributed by atoms with van der Waals surface area (Å²) in [4.78, 5) is 27.7. The summed E-state index contributed by atoms with van der Waals surface area (Å²) in [5, 5.41) is 18.7. The van der Waals surface area contributed by atoms with Crippen LogP contribution >= 0.6 is 0 Å². The van der Waals surface area contributed by atoms with Gasteiger partial charge < -0.3 is 5.32 Å². The van der Waals surface area contributed by atoms with Crippen molar-refractivity contribution in [3.63, 3.8) is 0 Å². The van der Waals surface area contributed by atoms with Gasteiger partial charge >= 0.3 is 0 Å². The number of aromatic nitrogens is 3. The van der Waals surface area contributed by atoms with Crippen molar-refractivity contribution in [2.75, 3.05) is 0 Å². The van der Waals surface area contributed by atoms with Crippen molar-refractivity contribution in [2.24, 2.45) is 5.41 Å². The van der Waals surface area contributed by atoms with Crippen LogP contribution in [0, 0.1) is 22.5 Å². The van der Waals surface area contributed by atoms with E-state index in [9.17, 15) is 14.9 Å². The zero-order chi connectivity index (χ0) is 21.5. The number of fused-ring (bicyclic) bond motifs is 1. The Morgan fingerprint density at radius 3 is 2.60 bits per heavy atom. The summed E-state index contributed by atoms with van der Waals surface area (Å²) in [5.41, 5.74) is 3.24. The lowest BCUT2D eigenvalue weighted by molar-refractivity contribution is -0.384. The number of nitrogens with zero attached hydrogens (tertiary/aromatic N) is 4. The number of hydrogen-bond acceptors (Lipinski definition) is 5. The molecule has 0 saturated heterocycles. The maximum absolute atomic E-state index is 12.9. The van der Waals surface area contributed by atoms with E-state index in [0.29, 0.717) is 5.56 Å². The Morgan fingerprint density at radius 1 is 1.23 bits per heavy atom. The molecular weight excluding hydrogens is 382 g/mol. The third-order valence-corrected chi connectivity index (χ3v) is 5.47. The molecule has 0 aliphatic heterocycles. The topological polar surface area (TPSA) is 103 Å². The van der Waals surface area contributed by atoms with E-state index in [1.54, 1.807) is 6.20 Å². The van der Waals surface area contributed by atoms with Crippen molar-refractivity contribution in [3.05, 3.63) is 81.3 Å². The lowest BCUT2D eigenvalue weighted by Crippen LogP contribution is -2.37. The Morgan fingerprint density at radius 2 is 1.97 bits per heavy atom. The first-order chi connectivity index (χ1) is 14.2. The monoisotopic (exact) mass is 405 g/mol. The molecule has 4 rings (SSSR count). The van der Waals surface area contributed by atoms with E-state index in [0.717, 1.165) is 35.6 Å². The molecule has 1 aromatic carbocycles. The molecule has 30 heavy (non-hydrogen) atoms. The van der Waals surface area contributed by atoms with Crippen molar-refractivity contribution >= 4 is 11.6 Å². The van der Waals surface area contributed by atoms with Gasteiger partial charge in [-0.05, 0) is 49.4 Å². The molecule has 2 heterocycles. The standard InChI is InChI=1S/C22H23N5O3/c1-14-20-17(24-21(28)15-7-9-16(10-8-15)27(29)30)12-22(2,3)13-18(20)26(25-14)19-6-4-5-11-23-19/h4-11,17H,12-13H2,1-3H3,(H,24,28). The van der Waals surface area contributed by atoms with E-state index < -0.39 is 4.92 Å². The van der Waals surface area contributed by atoms with Crippen LogP contribution in [-0.4, -0.2) is 25.6 Å². The quantitative estimate of drug-likeness (QED) is 0.523. The first-order valence-electron chi connectivity index (χ1n) is 9.80. The molecular formula is C22H23N5O3. The number of carbonyl (C=O) groups is 1. The average Bonchev–Trinajstić information content (AvgIpc) is 3.03. The van der Waals surface area contributed by atoms with E-state index >= 15 is 0 Å². The van der Waals surface area contributed by atoms with E-state index in [-0.39, 0.29) is 23.1 Å². The fourth-order valence-corrected chi connectivity index (χ4v) is 4.16. The number of carbonyl (C=O) groups excluding carboxylic acids is 1. The molecule has 8 heteroatoms. The number of amides is 1. The third kappa shape index (κ3) is 3.68. The maximum atomic E-state index is 12.9. The molecule has 0 fully saturated rings. The van der Waals surface area contributed by atoms with E-state index in [2.05, 4.69) is 24.1 Å². The molecule has 1 aliphatic rings. The van der Waals surface area contributed by atoms with Gasteiger partial charge in [-0.2, -0.15) is 5.10 Å². The maximum Gasteiger partial charge on any atom is 0.269 e. The second kappa shape index (κ2) is 7.37. The number of non-ortho nitro benzene ring substituents is 1. The summed E-state index contributed by atoms with van der Waals surface area (Å²) >= 11 is 0. The van der Waals surface area contributed by atoms with Gasteiger partial charge in [0.25, 0.3) is 11.6 Å². The molecule has 1 unspecified atom stereocenters. The highest BCUT2D eigenvalue weighted by atomic mass is 16.6. The molecule has 2 aromatic heterocycles. The van der Waals surface area contributed by atoms with Gasteiger partial charge in [-0.1, -0.05) is 19.9 Å². The van der Waals surface area contributed by atoms with E-state index in [1.807, 2.05) is 29.8 Å². The first-order valence-corrected chi connectivity index (χ1v) is 9.80. The molecule has 154 valence electrons. The summed E-state index contributed by atoms with van der Waals surface area (Å²) in [6.45, 7) is 6.29. The molecule has 0 saturated carbocycles. The Kier molecular flexibility index (Phi) is 4.85. The van der Waals surface area contributed by atoms with Crippen LogP contribution in [0.5, 0.6) is 0 Å². The molecule has 8 nitrogen and oxygen atoms in total. The first kappa shape index (κ1) is 19.8. The predicted molar refractivity (Wildman–Crippen MR) is 112 cm³/mol. The molecule has 1 aliphatic carbocycles. The van der Waals surface area contributed by atoms with Gasteiger partial charge in [-0.3, -0.25) is 14.9 Å². The number of nitro groups is 1. The minimum atomic E-state index is -0.479. The van der Waals surface area contributed by atoms with Crippen LogP contribution in [0.25, 0.3) is 5.82 Å². The van der Waals surface area contributed by atoms with Gasteiger partial charge in [-0.25, -0.2) is 9.67 Å². The minimum absolute atomic E-state index is 0.0416. The molecule has 0 radical (unpaired) electrons. The highest BCUT2D eigenvalue weighted by Gasteiger charge is 2.37. The average molecular weight is 405 g/mol. The zero-order valence-corrected chi connectivity index (χ0v) is 17.1. The predicted octanol–water partition coefficient (Wildman–Crippen LogP) is 3.93. The second-order valence-electron chi connectivity index (χ2n) is 8.42. The van der Waals surface area contributed by atoms with Gasteiger partial charge in [0, 0.05) is 29.5 Å². The lowest BCUT2D eigenvalue weighted by atomic mass is 9.73. The summed E-state index contributed by atoms with van der Waals surface area (Å²) in [7, 11) is 0. The molecule has 1 N–H and O–H groups in total. The van der Waals surface area contributed by atoms with Crippen LogP contribution in [0.1, 0.15) is 53.6 Å². The van der Waals surface area contributed by atoms with E-state index in [4.69, 9.17) is 5.10 Å². The second-order valence-corrected chi connectivity index (χ2v) is 8.42. The number of aryl methyl sites for hydroxylation is 1. The summed E-state index contributed by atoms with van der Waals surface area (Å²) in [6.07, 6.45) is 3.33. The lowest BCUT2D eigenvalue weighted by Gasteiger charge is -2.36. The normalized spacial score (nSPS) is 17.2. The number of benzene rings is 1. The zero-order valence-electron chi connectivity index (χ0n) is 17.1. The fourth-order valence-electron chi connectivity index (χ4n) is 4.16. The van der Waals surface area contributed by atoms with Crippen LogP contribution < -0.4 is 5.32 Å². The highest BCUT2D eigenvalue weighted by molar-refractivity contribution is 5.94. The number of hydrogen-bond donors (Lipinski definition) is 1. The van der Waals surface area contributed by atoms with Crippen LogP contribution in [-0.2, 0) is 6.42 Å². The smallest absolute Gasteiger partial charge is 0.269 e. The van der Waals surface area contributed by atoms with Gasteiger partial charge in [-0.15, -0.1) is 0 Å². The summed E-state index contributed by atoms with van der Waals surface area (Å²) in [5.74, 6) is 0.489. The third-order valence-electron chi connectivity index (χ3n) is 5.47. The Balaban J connectivity index is 1.68. The summed E-state index contributed by atoms with van der Waals surface area (Å²) < 4.78 is 1.87. The molecule has 3 aromatic rings. The SMILES string of the molecule is Cc1nn(-c2ccccn2)c2c1C(NC(=O)c1ccc([N+](=O)[O-])cc1)CC(C)(C)C2. The Bertz CT molecular complexity index is 1100. The molecule has 0 spiro atoms. The van der Waals surface area contributed by atoms with Gasteiger partial charge in [0.1, 0.15) is 0 Å². The summed E-state index contributed by atoms with van der Waals surface area (Å²) in [6, 6.07) is 11.1. The van der Waals surface area contributed by atoms with E-state index in [1.165, 1.54) is 24.3 Å². The van der Waals surface area contributed by atoms with Gasteiger partial charge in [0.15, 0.2) is 5.82 Å².